The van der Waals surface area contributed by atoms with Crippen LogP contribution in [0.15, 0.2) is 206 Å². The van der Waals surface area contributed by atoms with Crippen molar-refractivity contribution in [1.29, 1.82) is 0 Å². The molecular weight excluding hydrogens is 725 g/mol. The monoisotopic (exact) mass is 758 g/mol. The Kier molecular flexibility index (Phi) is 6.32. The Morgan fingerprint density at radius 3 is 1.58 bits per heavy atom. The summed E-state index contributed by atoms with van der Waals surface area (Å²) in [6.07, 6.45) is 0. The molecule has 1 aliphatic carbocycles. The molecule has 276 valence electrons. The molecule has 2 nitrogen and oxygen atoms in total. The highest BCUT2D eigenvalue weighted by Gasteiger charge is 2.23. The Hall–Kier alpha value is -7.94. The molecule has 0 N–H and O–H groups in total. The molecule has 11 aromatic carbocycles. The normalized spacial score (nSPS) is 12.3. The first-order valence-electron chi connectivity index (χ1n) is 20.8. The van der Waals surface area contributed by atoms with E-state index in [0.717, 1.165) is 11.4 Å². The van der Waals surface area contributed by atoms with Gasteiger partial charge in [0.05, 0.1) is 22.1 Å². The molecule has 2 heterocycles. The number of rotatable bonds is 3. The van der Waals surface area contributed by atoms with Crippen molar-refractivity contribution in [1.82, 2.24) is 9.13 Å². The number of hydrogen-bond acceptors (Lipinski definition) is 0. The van der Waals surface area contributed by atoms with Gasteiger partial charge in [0.2, 0.25) is 0 Å². The molecule has 60 heavy (non-hydrogen) atoms. The Morgan fingerprint density at radius 1 is 0.250 bits per heavy atom. The molecule has 14 rings (SSSR count). The molecule has 2 heteroatoms. The largest absolute Gasteiger partial charge is 0.309 e. The minimum absolute atomic E-state index is 1.16. The molecule has 1 aliphatic rings. The average molecular weight is 759 g/mol. The molecule has 0 unspecified atom stereocenters. The number of hydrogen-bond donors (Lipinski definition) is 0. The summed E-state index contributed by atoms with van der Waals surface area (Å²) in [6.45, 7) is 0. The Balaban J connectivity index is 0.943. The molecule has 2 aromatic heterocycles. The van der Waals surface area contributed by atoms with Crippen molar-refractivity contribution in [3.8, 4) is 44.8 Å². The van der Waals surface area contributed by atoms with Gasteiger partial charge in [-0.3, -0.25) is 0 Å². The highest BCUT2D eigenvalue weighted by molar-refractivity contribution is 6.24. The van der Waals surface area contributed by atoms with Crippen LogP contribution < -0.4 is 0 Å². The lowest BCUT2D eigenvalue weighted by Crippen LogP contribution is -1.97. The number of benzene rings is 11. The summed E-state index contributed by atoms with van der Waals surface area (Å²) < 4.78 is 4.97. The van der Waals surface area contributed by atoms with Gasteiger partial charge in [-0.1, -0.05) is 152 Å². The van der Waals surface area contributed by atoms with E-state index in [0.29, 0.717) is 0 Å². The molecule has 0 saturated heterocycles. The number of fused-ring (bicyclic) bond motifs is 14. The van der Waals surface area contributed by atoms with Crippen LogP contribution in [0.3, 0.4) is 0 Å². The lowest BCUT2D eigenvalue weighted by molar-refractivity contribution is 1.17. The van der Waals surface area contributed by atoms with Crippen LogP contribution in [0, 0.1) is 0 Å². The fraction of sp³-hybridized carbons (Fsp3) is 0. The fourth-order valence-electron chi connectivity index (χ4n) is 10.7. The maximum Gasteiger partial charge on any atom is 0.0619 e. The molecule has 0 saturated carbocycles. The fourth-order valence-corrected chi connectivity index (χ4v) is 10.7. The van der Waals surface area contributed by atoms with Crippen molar-refractivity contribution in [2.24, 2.45) is 0 Å². The minimum Gasteiger partial charge on any atom is -0.309 e. The zero-order valence-electron chi connectivity index (χ0n) is 32.5. The number of aromatic nitrogens is 2. The SMILES string of the molecule is c1ccc2c(c1)-c1cccc3cc(-c4ccc5cc(-n6c7ccccc7c7cc(-n8c9c%10ccccc%10ccc9c9ccc%10ccccc%10c98)ccc76)ccc5c4)cc-2c13. The Bertz CT molecular complexity index is 3920. The summed E-state index contributed by atoms with van der Waals surface area (Å²) in [5.74, 6) is 0. The van der Waals surface area contributed by atoms with Gasteiger partial charge in [-0.05, 0) is 120 Å². The topological polar surface area (TPSA) is 9.86 Å². The summed E-state index contributed by atoms with van der Waals surface area (Å²) in [5.41, 5.74) is 15.0. The summed E-state index contributed by atoms with van der Waals surface area (Å²) in [5, 5.41) is 15.2. The van der Waals surface area contributed by atoms with E-state index in [2.05, 4.69) is 215 Å². The molecule has 0 fully saturated rings. The van der Waals surface area contributed by atoms with Crippen LogP contribution >= 0.6 is 0 Å². The summed E-state index contributed by atoms with van der Waals surface area (Å²) in [7, 11) is 0. The minimum atomic E-state index is 1.16. The first kappa shape index (κ1) is 32.1. The van der Waals surface area contributed by atoms with Crippen molar-refractivity contribution < 1.29 is 0 Å². The van der Waals surface area contributed by atoms with Gasteiger partial charge in [-0.25, -0.2) is 0 Å². The van der Waals surface area contributed by atoms with E-state index >= 15 is 0 Å². The standard InChI is InChI=1S/C58H34N2/c1-3-13-44-35(10-1)23-27-50-51-28-24-36-11-2-4-14-45(36)58(51)60(57(44)50)43-26-29-55-52(34-43)48-17-7-8-19-54(48)59(55)42-25-22-37-30-38(20-21-39(37)32-42)41-31-40-12-9-18-49-46-15-5-6-16-47(46)53(33-41)56(40)49/h1-34H. The van der Waals surface area contributed by atoms with Crippen LogP contribution in [0.2, 0.25) is 0 Å². The van der Waals surface area contributed by atoms with Gasteiger partial charge in [0.25, 0.3) is 0 Å². The second-order valence-corrected chi connectivity index (χ2v) is 16.5. The first-order valence-corrected chi connectivity index (χ1v) is 20.8. The van der Waals surface area contributed by atoms with Crippen LogP contribution in [0.1, 0.15) is 0 Å². The zero-order valence-corrected chi connectivity index (χ0v) is 32.5. The van der Waals surface area contributed by atoms with Crippen LogP contribution in [-0.2, 0) is 0 Å². The van der Waals surface area contributed by atoms with Gasteiger partial charge >= 0.3 is 0 Å². The molecular formula is C58H34N2. The van der Waals surface area contributed by atoms with E-state index in [9.17, 15) is 0 Å². The molecule has 0 bridgehead atoms. The first-order chi connectivity index (χ1) is 29.7. The molecule has 0 atom stereocenters. The zero-order chi connectivity index (χ0) is 39.1. The number of para-hydroxylation sites is 1. The third-order valence-corrected chi connectivity index (χ3v) is 13.4. The van der Waals surface area contributed by atoms with Crippen molar-refractivity contribution in [2.45, 2.75) is 0 Å². The average Bonchev–Trinajstić information content (AvgIpc) is 3.95. The third-order valence-electron chi connectivity index (χ3n) is 13.4. The van der Waals surface area contributed by atoms with Gasteiger partial charge in [0.1, 0.15) is 0 Å². The van der Waals surface area contributed by atoms with E-state index < -0.39 is 0 Å². The Labute approximate surface area is 345 Å². The lowest BCUT2D eigenvalue weighted by Gasteiger charge is -2.13. The van der Waals surface area contributed by atoms with Crippen molar-refractivity contribution in [2.75, 3.05) is 0 Å². The van der Waals surface area contributed by atoms with Crippen LogP contribution in [0.4, 0.5) is 0 Å². The summed E-state index contributed by atoms with van der Waals surface area (Å²) in [4.78, 5) is 0. The quantitative estimate of drug-likeness (QED) is 0.170. The maximum absolute atomic E-state index is 2.52. The predicted octanol–water partition coefficient (Wildman–Crippen LogP) is 15.8. The van der Waals surface area contributed by atoms with Crippen molar-refractivity contribution >= 4 is 86.7 Å². The van der Waals surface area contributed by atoms with Gasteiger partial charge < -0.3 is 9.13 Å². The highest BCUT2D eigenvalue weighted by atomic mass is 15.0. The molecule has 13 aromatic rings. The van der Waals surface area contributed by atoms with E-state index in [4.69, 9.17) is 0 Å². The van der Waals surface area contributed by atoms with E-state index in [1.165, 1.54) is 120 Å². The van der Waals surface area contributed by atoms with Gasteiger partial charge in [-0.2, -0.15) is 0 Å². The molecule has 0 radical (unpaired) electrons. The number of nitrogens with zero attached hydrogens (tertiary/aromatic N) is 2. The molecule has 0 aliphatic heterocycles. The van der Waals surface area contributed by atoms with Gasteiger partial charge in [-0.15, -0.1) is 0 Å². The highest BCUT2D eigenvalue weighted by Crippen LogP contribution is 2.49. The van der Waals surface area contributed by atoms with Crippen LogP contribution in [0.25, 0.3) is 131 Å². The van der Waals surface area contributed by atoms with Crippen molar-refractivity contribution in [3.63, 3.8) is 0 Å². The molecule has 0 amide bonds. The third kappa shape index (κ3) is 4.32. The van der Waals surface area contributed by atoms with E-state index in [-0.39, 0.29) is 0 Å². The van der Waals surface area contributed by atoms with Gasteiger partial charge in [0.15, 0.2) is 0 Å². The maximum atomic E-state index is 2.52. The van der Waals surface area contributed by atoms with E-state index in [1.54, 1.807) is 0 Å². The second-order valence-electron chi connectivity index (χ2n) is 16.5. The molecule has 0 spiro atoms. The van der Waals surface area contributed by atoms with Crippen LogP contribution in [-0.4, -0.2) is 9.13 Å². The van der Waals surface area contributed by atoms with E-state index in [1.807, 2.05) is 0 Å². The van der Waals surface area contributed by atoms with Crippen LogP contribution in [0.5, 0.6) is 0 Å². The predicted molar refractivity (Wildman–Crippen MR) is 255 cm³/mol. The van der Waals surface area contributed by atoms with Crippen molar-refractivity contribution in [3.05, 3.63) is 206 Å². The smallest absolute Gasteiger partial charge is 0.0619 e. The summed E-state index contributed by atoms with van der Waals surface area (Å²) >= 11 is 0. The Morgan fingerprint density at radius 2 is 0.800 bits per heavy atom. The lowest BCUT2D eigenvalue weighted by atomic mass is 9.95. The van der Waals surface area contributed by atoms with Gasteiger partial charge in [0, 0.05) is 43.7 Å². The second kappa shape index (κ2) is 11.8. The summed E-state index contributed by atoms with van der Waals surface area (Å²) in [6, 6.07) is 76.9.